The number of carbonyl (C=O) groups excluding carboxylic acids is 1. The molecule has 0 bridgehead atoms. The van der Waals surface area contributed by atoms with E-state index in [4.69, 9.17) is 5.79 Å². The second-order valence-corrected chi connectivity index (χ2v) is 7.53. The summed E-state index contributed by atoms with van der Waals surface area (Å²) in [6.07, 6.45) is -2.73. The van der Waals surface area contributed by atoms with Crippen molar-refractivity contribution in [2.75, 3.05) is 24.5 Å². The SMILES string of the molecule is [2H]C1(O)CCC(CCN2CCNC(=O)c3oc4ccc(C(F)(F)F)cc4c32)CC1. The first-order chi connectivity index (χ1) is 13.6. The highest BCUT2D eigenvalue weighted by Gasteiger charge is 2.34. The van der Waals surface area contributed by atoms with Crippen LogP contribution in [-0.4, -0.2) is 36.7 Å². The fourth-order valence-corrected chi connectivity index (χ4v) is 4.09. The Balaban J connectivity index is 1.63. The van der Waals surface area contributed by atoms with E-state index in [1.54, 1.807) is 0 Å². The van der Waals surface area contributed by atoms with E-state index in [-0.39, 0.29) is 16.7 Å². The number of aliphatic hydroxyl groups is 1. The molecule has 0 radical (unpaired) electrons. The number of hydrogen-bond acceptors (Lipinski definition) is 4. The number of halogens is 3. The average Bonchev–Trinajstić information content (AvgIpc) is 2.96. The Labute approximate surface area is 161 Å². The van der Waals surface area contributed by atoms with Gasteiger partial charge in [-0.05, 0) is 56.2 Å². The largest absolute Gasteiger partial charge is 0.449 e. The van der Waals surface area contributed by atoms with Crippen LogP contribution in [-0.2, 0) is 6.18 Å². The zero-order valence-electron chi connectivity index (χ0n) is 16.3. The highest BCUT2D eigenvalue weighted by molar-refractivity contribution is 6.07. The number of amides is 1. The fraction of sp³-hybridized carbons (Fsp3) is 0.550. The first-order valence-electron chi connectivity index (χ1n) is 10.0. The van der Waals surface area contributed by atoms with Crippen LogP contribution in [0.4, 0.5) is 18.9 Å². The average molecular weight is 397 g/mol. The molecule has 2 aromatic rings. The quantitative estimate of drug-likeness (QED) is 0.823. The summed E-state index contributed by atoms with van der Waals surface area (Å²) in [5.74, 6) is -0.0508. The van der Waals surface area contributed by atoms with Crippen LogP contribution in [0.2, 0.25) is 0 Å². The number of alkyl halides is 3. The van der Waals surface area contributed by atoms with Gasteiger partial charge in [0.2, 0.25) is 5.76 Å². The summed E-state index contributed by atoms with van der Waals surface area (Å²) in [6.45, 7) is 1.41. The summed E-state index contributed by atoms with van der Waals surface area (Å²) in [4.78, 5) is 14.3. The van der Waals surface area contributed by atoms with Crippen LogP contribution in [0, 0.1) is 5.92 Å². The first kappa shape index (κ1) is 17.8. The van der Waals surface area contributed by atoms with Gasteiger partial charge in [-0.15, -0.1) is 0 Å². The van der Waals surface area contributed by atoms with E-state index in [0.29, 0.717) is 44.1 Å². The number of nitrogens with zero attached hydrogens (tertiary/aromatic N) is 1. The molecule has 0 spiro atoms. The molecule has 2 aliphatic rings. The predicted octanol–water partition coefficient (Wildman–Crippen LogP) is 3.94. The zero-order valence-corrected chi connectivity index (χ0v) is 15.3. The molecule has 5 nitrogen and oxygen atoms in total. The molecular weight excluding hydrogens is 373 g/mol. The molecule has 0 atom stereocenters. The molecule has 1 aromatic carbocycles. The van der Waals surface area contributed by atoms with Crippen molar-refractivity contribution in [2.45, 2.75) is 44.4 Å². The Morgan fingerprint density at radius 1 is 1.29 bits per heavy atom. The molecule has 1 aromatic heterocycles. The lowest BCUT2D eigenvalue weighted by atomic mass is 9.85. The molecule has 1 aliphatic heterocycles. The summed E-state index contributed by atoms with van der Waals surface area (Å²) < 4.78 is 53.0. The van der Waals surface area contributed by atoms with Crippen molar-refractivity contribution in [2.24, 2.45) is 5.92 Å². The topological polar surface area (TPSA) is 65.7 Å². The van der Waals surface area contributed by atoms with E-state index < -0.39 is 23.7 Å². The van der Waals surface area contributed by atoms with Crippen molar-refractivity contribution in [3.63, 3.8) is 0 Å². The maximum atomic E-state index is 13.2. The normalized spacial score (nSPS) is 26.6. The molecule has 4 rings (SSSR count). The molecule has 8 heteroatoms. The van der Waals surface area contributed by atoms with Crippen LogP contribution in [0.5, 0.6) is 0 Å². The Morgan fingerprint density at radius 2 is 2.04 bits per heavy atom. The highest BCUT2D eigenvalue weighted by Crippen LogP contribution is 2.39. The maximum absolute atomic E-state index is 13.2. The monoisotopic (exact) mass is 397 g/mol. The Hall–Kier alpha value is -2.22. The Bertz CT molecular complexity index is 916. The Kier molecular flexibility index (Phi) is 4.66. The van der Waals surface area contributed by atoms with Gasteiger partial charge in [0, 0.05) is 25.0 Å². The first-order valence-corrected chi connectivity index (χ1v) is 9.53. The van der Waals surface area contributed by atoms with Gasteiger partial charge in [-0.2, -0.15) is 13.2 Å². The maximum Gasteiger partial charge on any atom is 0.416 e. The van der Waals surface area contributed by atoms with Crippen LogP contribution >= 0.6 is 0 Å². The van der Waals surface area contributed by atoms with Crippen molar-refractivity contribution in [1.29, 1.82) is 0 Å². The summed E-state index contributed by atoms with van der Waals surface area (Å²) in [5.41, 5.74) is -0.115. The molecule has 2 N–H and O–H groups in total. The molecule has 0 unspecified atom stereocenters. The van der Waals surface area contributed by atoms with Crippen LogP contribution in [0.1, 0.15) is 49.6 Å². The molecule has 2 heterocycles. The molecule has 1 saturated carbocycles. The van der Waals surface area contributed by atoms with Crippen molar-refractivity contribution < 1.29 is 28.9 Å². The van der Waals surface area contributed by atoms with E-state index in [1.165, 1.54) is 6.07 Å². The van der Waals surface area contributed by atoms with Gasteiger partial charge in [0.15, 0.2) is 0 Å². The smallest absolute Gasteiger partial charge is 0.416 e. The van der Waals surface area contributed by atoms with Gasteiger partial charge in [0.25, 0.3) is 5.91 Å². The highest BCUT2D eigenvalue weighted by atomic mass is 19.4. The fourth-order valence-electron chi connectivity index (χ4n) is 4.09. The lowest BCUT2D eigenvalue weighted by Gasteiger charge is -2.29. The standard InChI is InChI=1S/C20H23F3N2O3/c21-20(22,23)13-3-6-16-15(11-13)17-18(28-16)19(27)24-8-10-25(17)9-7-12-1-4-14(26)5-2-12/h3,6,11-12,14,26H,1-2,4-5,7-10H2,(H,24,27)/i14D. The van der Waals surface area contributed by atoms with E-state index >= 15 is 0 Å². The van der Waals surface area contributed by atoms with Gasteiger partial charge in [-0.3, -0.25) is 4.79 Å². The molecule has 152 valence electrons. The summed E-state index contributed by atoms with van der Waals surface area (Å²) in [7, 11) is 0. The lowest BCUT2D eigenvalue weighted by molar-refractivity contribution is -0.137. The van der Waals surface area contributed by atoms with Crippen molar-refractivity contribution >= 4 is 22.6 Å². The predicted molar refractivity (Wildman–Crippen MR) is 98.3 cm³/mol. The third-order valence-electron chi connectivity index (χ3n) is 5.67. The third-order valence-corrected chi connectivity index (χ3v) is 5.67. The van der Waals surface area contributed by atoms with E-state index in [1.807, 2.05) is 4.90 Å². The number of hydrogen-bond donors (Lipinski definition) is 2. The molecule has 1 aliphatic carbocycles. The minimum absolute atomic E-state index is 0.0426. The van der Waals surface area contributed by atoms with Crippen LogP contribution in [0.25, 0.3) is 11.0 Å². The minimum atomic E-state index is -4.48. The third kappa shape index (κ3) is 3.70. The molecule has 28 heavy (non-hydrogen) atoms. The van der Waals surface area contributed by atoms with E-state index in [0.717, 1.165) is 31.4 Å². The second kappa shape index (κ2) is 7.31. The van der Waals surface area contributed by atoms with Gasteiger partial charge in [0.05, 0.1) is 18.7 Å². The van der Waals surface area contributed by atoms with Gasteiger partial charge >= 0.3 is 6.18 Å². The zero-order chi connectivity index (χ0) is 20.8. The van der Waals surface area contributed by atoms with Gasteiger partial charge in [-0.1, -0.05) is 0 Å². The van der Waals surface area contributed by atoms with Gasteiger partial charge < -0.3 is 19.7 Å². The molecule has 0 saturated heterocycles. The molecule has 1 amide bonds. The van der Waals surface area contributed by atoms with Crippen LogP contribution < -0.4 is 10.2 Å². The van der Waals surface area contributed by atoms with Gasteiger partial charge in [-0.25, -0.2) is 0 Å². The summed E-state index contributed by atoms with van der Waals surface area (Å²) >= 11 is 0. The number of furan rings is 1. The molecule has 1 fully saturated rings. The summed E-state index contributed by atoms with van der Waals surface area (Å²) in [5, 5.41) is 12.8. The lowest BCUT2D eigenvalue weighted by Crippen LogP contribution is -2.32. The van der Waals surface area contributed by atoms with E-state index in [9.17, 15) is 23.1 Å². The van der Waals surface area contributed by atoms with Crippen LogP contribution in [0.15, 0.2) is 22.6 Å². The number of nitrogens with one attached hydrogen (secondary N) is 1. The molecular formula is C20H23F3N2O3. The van der Waals surface area contributed by atoms with Crippen molar-refractivity contribution in [1.82, 2.24) is 5.32 Å². The summed E-state index contributed by atoms with van der Waals surface area (Å²) in [6, 6.07) is 3.26. The number of anilines is 1. The number of carbonyl (C=O) groups is 1. The number of fused-ring (bicyclic) bond motifs is 3. The van der Waals surface area contributed by atoms with Crippen LogP contribution in [0.3, 0.4) is 0 Å². The Morgan fingerprint density at radius 3 is 2.75 bits per heavy atom. The number of rotatable bonds is 3. The van der Waals surface area contributed by atoms with Crippen molar-refractivity contribution in [3.8, 4) is 0 Å². The van der Waals surface area contributed by atoms with Crippen molar-refractivity contribution in [3.05, 3.63) is 29.5 Å². The minimum Gasteiger partial charge on any atom is -0.449 e. The van der Waals surface area contributed by atoms with E-state index in [2.05, 4.69) is 5.32 Å². The second-order valence-electron chi connectivity index (χ2n) is 7.53. The van der Waals surface area contributed by atoms with Gasteiger partial charge in [0.1, 0.15) is 5.58 Å². The number of benzene rings is 1.